The largest absolute Gasteiger partial charge is 0.372 e. The second kappa shape index (κ2) is 6.41. The van der Waals surface area contributed by atoms with E-state index in [1.165, 1.54) is 22.3 Å². The van der Waals surface area contributed by atoms with Crippen LogP contribution in [0.5, 0.6) is 0 Å². The highest BCUT2D eigenvalue weighted by Crippen LogP contribution is 2.31. The van der Waals surface area contributed by atoms with Gasteiger partial charge in [0.05, 0.1) is 4.91 Å². The van der Waals surface area contributed by atoms with Crippen molar-refractivity contribution in [3.8, 4) is 0 Å². The number of hydrogen-bond donors (Lipinski definition) is 0. The van der Waals surface area contributed by atoms with Crippen LogP contribution in [0.25, 0.3) is 6.08 Å². The lowest BCUT2D eigenvalue weighted by molar-refractivity contribution is -0.121. The molecule has 1 aromatic rings. The van der Waals surface area contributed by atoms with Gasteiger partial charge in [-0.1, -0.05) is 36.1 Å². The molecule has 3 nitrogen and oxygen atoms in total. The second-order valence-electron chi connectivity index (χ2n) is 4.50. The highest BCUT2D eigenvalue weighted by Gasteiger charge is 2.28. The summed E-state index contributed by atoms with van der Waals surface area (Å²) in [5.41, 5.74) is 2.23. The molecule has 0 atom stereocenters. The molecular formula is C15H18N2OS2. The zero-order chi connectivity index (χ0) is 14.7. The minimum Gasteiger partial charge on any atom is -0.372 e. The van der Waals surface area contributed by atoms with Gasteiger partial charge >= 0.3 is 0 Å². The smallest absolute Gasteiger partial charge is 0.265 e. The van der Waals surface area contributed by atoms with E-state index in [9.17, 15) is 4.79 Å². The quantitative estimate of drug-likeness (QED) is 0.628. The van der Waals surface area contributed by atoms with Gasteiger partial charge in [0.15, 0.2) is 0 Å². The Morgan fingerprint density at radius 2 is 1.85 bits per heavy atom. The number of amides is 1. The first kappa shape index (κ1) is 15.1. The SMILES string of the molecule is CCN(CC)c1ccc(C=C2SC(=S)N(C)C2=O)cc1. The molecule has 106 valence electrons. The van der Waals surface area contributed by atoms with E-state index in [1.54, 1.807) is 7.05 Å². The number of anilines is 1. The Balaban J connectivity index is 2.19. The fourth-order valence-corrected chi connectivity index (χ4v) is 3.25. The Bertz CT molecular complexity index is 547. The highest BCUT2D eigenvalue weighted by atomic mass is 32.2. The van der Waals surface area contributed by atoms with E-state index in [1.807, 2.05) is 18.2 Å². The van der Waals surface area contributed by atoms with Crippen molar-refractivity contribution in [3.63, 3.8) is 0 Å². The predicted octanol–water partition coefficient (Wildman–Crippen LogP) is 3.36. The van der Waals surface area contributed by atoms with E-state index in [2.05, 4.69) is 30.9 Å². The topological polar surface area (TPSA) is 23.6 Å². The molecule has 1 heterocycles. The molecule has 0 radical (unpaired) electrons. The van der Waals surface area contributed by atoms with Crippen LogP contribution >= 0.6 is 24.0 Å². The molecule has 0 spiro atoms. The number of rotatable bonds is 4. The molecule has 5 heteroatoms. The van der Waals surface area contributed by atoms with E-state index in [0.717, 1.165) is 18.7 Å². The summed E-state index contributed by atoms with van der Waals surface area (Å²) in [6.45, 7) is 6.27. The summed E-state index contributed by atoms with van der Waals surface area (Å²) >= 11 is 6.47. The Kier molecular flexibility index (Phi) is 4.83. The molecule has 1 aliphatic rings. The Morgan fingerprint density at radius 3 is 2.30 bits per heavy atom. The molecular weight excluding hydrogens is 288 g/mol. The third-order valence-electron chi connectivity index (χ3n) is 3.31. The van der Waals surface area contributed by atoms with E-state index in [-0.39, 0.29) is 5.91 Å². The van der Waals surface area contributed by atoms with Crippen molar-refractivity contribution < 1.29 is 4.79 Å². The fraction of sp³-hybridized carbons (Fsp3) is 0.333. The number of thioether (sulfide) groups is 1. The van der Waals surface area contributed by atoms with Crippen molar-refractivity contribution in [3.05, 3.63) is 34.7 Å². The molecule has 2 rings (SSSR count). The number of carbonyl (C=O) groups is 1. The van der Waals surface area contributed by atoms with Crippen LogP contribution in [0.2, 0.25) is 0 Å². The van der Waals surface area contributed by atoms with Gasteiger partial charge in [-0.15, -0.1) is 0 Å². The third kappa shape index (κ3) is 3.04. The van der Waals surface area contributed by atoms with Crippen LogP contribution in [0.4, 0.5) is 5.69 Å². The molecule has 1 saturated heterocycles. The molecule has 1 aliphatic heterocycles. The molecule has 1 aromatic carbocycles. The molecule has 0 N–H and O–H groups in total. The number of thiocarbonyl (C=S) groups is 1. The van der Waals surface area contributed by atoms with Crippen molar-refractivity contribution in [2.45, 2.75) is 13.8 Å². The van der Waals surface area contributed by atoms with Crippen molar-refractivity contribution in [2.75, 3.05) is 25.0 Å². The minimum atomic E-state index is -0.0205. The summed E-state index contributed by atoms with van der Waals surface area (Å²) in [5.74, 6) is -0.0205. The van der Waals surface area contributed by atoms with Gasteiger partial charge in [0.2, 0.25) is 0 Å². The maximum atomic E-state index is 11.9. The van der Waals surface area contributed by atoms with Gasteiger partial charge in [-0.2, -0.15) is 0 Å². The standard InChI is InChI=1S/C15H18N2OS2/c1-4-17(5-2)12-8-6-11(7-9-12)10-13-14(18)16(3)15(19)20-13/h6-10H,4-5H2,1-3H3. The maximum absolute atomic E-state index is 11.9. The summed E-state index contributed by atoms with van der Waals surface area (Å²) < 4.78 is 0.612. The van der Waals surface area contributed by atoms with Gasteiger partial charge in [0, 0.05) is 25.8 Å². The van der Waals surface area contributed by atoms with Crippen LogP contribution in [0.3, 0.4) is 0 Å². The van der Waals surface area contributed by atoms with Crippen LogP contribution in [0.1, 0.15) is 19.4 Å². The first-order valence-corrected chi connectivity index (χ1v) is 7.85. The van der Waals surface area contributed by atoms with E-state index >= 15 is 0 Å². The number of benzene rings is 1. The normalized spacial score (nSPS) is 17.1. The average Bonchev–Trinajstić information content (AvgIpc) is 2.69. The lowest BCUT2D eigenvalue weighted by atomic mass is 10.1. The molecule has 20 heavy (non-hydrogen) atoms. The lowest BCUT2D eigenvalue weighted by Crippen LogP contribution is -2.22. The van der Waals surface area contributed by atoms with Crippen molar-refractivity contribution in [2.24, 2.45) is 0 Å². The molecule has 1 fully saturated rings. The number of nitrogens with zero attached hydrogens (tertiary/aromatic N) is 2. The van der Waals surface area contributed by atoms with Gasteiger partial charge in [-0.05, 0) is 37.6 Å². The van der Waals surface area contributed by atoms with Crippen molar-refractivity contribution in [1.82, 2.24) is 4.90 Å². The summed E-state index contributed by atoms with van der Waals surface area (Å²) in [4.78, 5) is 16.4. The van der Waals surface area contributed by atoms with Crippen molar-refractivity contribution >= 4 is 46.0 Å². The average molecular weight is 306 g/mol. The number of carbonyl (C=O) groups excluding carboxylic acids is 1. The van der Waals surface area contributed by atoms with Crippen molar-refractivity contribution in [1.29, 1.82) is 0 Å². The summed E-state index contributed by atoms with van der Waals surface area (Å²) in [6, 6.07) is 8.25. The first-order valence-electron chi connectivity index (χ1n) is 6.63. The van der Waals surface area contributed by atoms with Crippen LogP contribution in [0.15, 0.2) is 29.2 Å². The summed E-state index contributed by atoms with van der Waals surface area (Å²) in [5, 5.41) is 0. The molecule has 0 aliphatic carbocycles. The Hall–Kier alpha value is -1.33. The highest BCUT2D eigenvalue weighted by molar-refractivity contribution is 8.26. The van der Waals surface area contributed by atoms with Crippen LogP contribution in [-0.4, -0.2) is 35.3 Å². The van der Waals surface area contributed by atoms with Crippen LogP contribution < -0.4 is 4.90 Å². The minimum absolute atomic E-state index is 0.0205. The van der Waals surface area contributed by atoms with E-state index in [0.29, 0.717) is 9.23 Å². The first-order chi connectivity index (χ1) is 9.56. The molecule has 0 unspecified atom stereocenters. The van der Waals surface area contributed by atoms with Gasteiger partial charge in [-0.25, -0.2) is 0 Å². The van der Waals surface area contributed by atoms with Gasteiger partial charge in [-0.3, -0.25) is 9.69 Å². The van der Waals surface area contributed by atoms with Gasteiger partial charge in [0.1, 0.15) is 4.32 Å². The second-order valence-corrected chi connectivity index (χ2v) is 6.18. The number of likely N-dealkylation sites (N-methyl/N-ethyl adjacent to an activating group) is 1. The number of hydrogen-bond acceptors (Lipinski definition) is 4. The van der Waals surface area contributed by atoms with Crippen LogP contribution in [-0.2, 0) is 4.79 Å². The zero-order valence-electron chi connectivity index (χ0n) is 11.9. The molecule has 0 saturated carbocycles. The predicted molar refractivity (Wildman–Crippen MR) is 90.9 cm³/mol. The van der Waals surface area contributed by atoms with Gasteiger partial charge < -0.3 is 4.90 Å². The zero-order valence-corrected chi connectivity index (χ0v) is 13.6. The Labute approximate surface area is 129 Å². The lowest BCUT2D eigenvalue weighted by Gasteiger charge is -2.20. The summed E-state index contributed by atoms with van der Waals surface area (Å²) in [7, 11) is 1.71. The van der Waals surface area contributed by atoms with E-state index in [4.69, 9.17) is 12.2 Å². The molecule has 0 bridgehead atoms. The monoisotopic (exact) mass is 306 g/mol. The third-order valence-corrected chi connectivity index (χ3v) is 4.79. The summed E-state index contributed by atoms with van der Waals surface area (Å²) in [6.07, 6.45) is 1.90. The molecule has 1 amide bonds. The molecule has 0 aromatic heterocycles. The van der Waals surface area contributed by atoms with Crippen LogP contribution in [0, 0.1) is 0 Å². The maximum Gasteiger partial charge on any atom is 0.265 e. The van der Waals surface area contributed by atoms with Gasteiger partial charge in [0.25, 0.3) is 5.91 Å². The van der Waals surface area contributed by atoms with E-state index < -0.39 is 0 Å². The Morgan fingerprint density at radius 1 is 1.25 bits per heavy atom. The fourth-order valence-electron chi connectivity index (χ4n) is 2.07.